The van der Waals surface area contributed by atoms with Gasteiger partial charge in [0.1, 0.15) is 18.1 Å². The molecular weight excluding hydrogens is 356 g/mol. The Hall–Kier alpha value is -3.68. The summed E-state index contributed by atoms with van der Waals surface area (Å²) in [4.78, 5) is 21.7. The second kappa shape index (κ2) is 6.80. The molecule has 1 fully saturated rings. The first-order chi connectivity index (χ1) is 13.8. The maximum absolute atomic E-state index is 12.7. The topological polar surface area (TPSA) is 88.9 Å². The number of aromatic amines is 1. The van der Waals surface area contributed by atoms with Crippen molar-refractivity contribution in [3.05, 3.63) is 72.3 Å². The summed E-state index contributed by atoms with van der Waals surface area (Å²) >= 11 is 0. The highest BCUT2D eigenvalue weighted by Crippen LogP contribution is 2.24. The number of hydrogen-bond donors (Lipinski definition) is 1. The van der Waals surface area contributed by atoms with Crippen LogP contribution in [0.1, 0.15) is 22.1 Å². The Morgan fingerprint density at radius 1 is 1.18 bits per heavy atom. The van der Waals surface area contributed by atoms with E-state index >= 15 is 0 Å². The fraction of sp³-hybridized carbons (Fsp3) is 0.200. The van der Waals surface area contributed by atoms with E-state index in [-0.39, 0.29) is 11.9 Å². The zero-order valence-electron chi connectivity index (χ0n) is 15.0. The summed E-state index contributed by atoms with van der Waals surface area (Å²) in [5.74, 6) is 0.812. The normalized spacial score (nSPS) is 14.2. The van der Waals surface area contributed by atoms with Crippen molar-refractivity contribution < 1.29 is 9.53 Å². The highest BCUT2D eigenvalue weighted by Gasteiger charge is 2.33. The Morgan fingerprint density at radius 2 is 2.04 bits per heavy atom. The maximum atomic E-state index is 12.7. The van der Waals surface area contributed by atoms with Gasteiger partial charge in [0.15, 0.2) is 0 Å². The van der Waals surface area contributed by atoms with Gasteiger partial charge in [0.25, 0.3) is 5.91 Å². The third-order valence-electron chi connectivity index (χ3n) is 4.88. The molecule has 1 saturated heterocycles. The molecule has 0 atom stereocenters. The van der Waals surface area contributed by atoms with Crippen molar-refractivity contribution in [2.75, 3.05) is 13.1 Å². The lowest BCUT2D eigenvalue weighted by molar-refractivity contribution is 0.0498. The smallest absolute Gasteiger partial charge is 0.254 e. The number of para-hydroxylation sites is 1. The van der Waals surface area contributed by atoms with Crippen molar-refractivity contribution in [1.82, 2.24) is 29.9 Å². The molecule has 1 aliphatic rings. The van der Waals surface area contributed by atoms with Gasteiger partial charge in [-0.05, 0) is 30.3 Å². The van der Waals surface area contributed by atoms with E-state index < -0.39 is 0 Å². The molecule has 28 heavy (non-hydrogen) atoms. The van der Waals surface area contributed by atoms with Gasteiger partial charge in [-0.15, -0.1) is 5.10 Å². The van der Waals surface area contributed by atoms with E-state index in [2.05, 4.69) is 20.3 Å². The molecular formula is C20H18N6O2. The molecule has 5 rings (SSSR count). The van der Waals surface area contributed by atoms with Gasteiger partial charge in [-0.2, -0.15) is 0 Å². The van der Waals surface area contributed by atoms with Crippen molar-refractivity contribution in [1.29, 1.82) is 0 Å². The number of amides is 1. The number of rotatable bonds is 5. The highest BCUT2D eigenvalue weighted by molar-refractivity contribution is 5.97. The summed E-state index contributed by atoms with van der Waals surface area (Å²) in [6, 6.07) is 15.2. The summed E-state index contributed by atoms with van der Waals surface area (Å²) in [7, 11) is 0. The lowest BCUT2D eigenvalue weighted by Crippen LogP contribution is -2.50. The van der Waals surface area contributed by atoms with Gasteiger partial charge >= 0.3 is 0 Å². The van der Waals surface area contributed by atoms with Gasteiger partial charge in [0.05, 0.1) is 29.6 Å². The minimum absolute atomic E-state index is 0.0144. The third kappa shape index (κ3) is 3.09. The van der Waals surface area contributed by atoms with Crippen molar-refractivity contribution in [2.24, 2.45) is 0 Å². The predicted octanol–water partition coefficient (Wildman–Crippen LogP) is 2.43. The number of benzene rings is 2. The van der Waals surface area contributed by atoms with Crippen LogP contribution in [0.5, 0.6) is 5.75 Å². The minimum atomic E-state index is 0.0144. The van der Waals surface area contributed by atoms with Crippen LogP contribution in [0.3, 0.4) is 0 Å². The van der Waals surface area contributed by atoms with Crippen LogP contribution in [0.2, 0.25) is 0 Å². The van der Waals surface area contributed by atoms with Crippen molar-refractivity contribution >= 4 is 16.9 Å². The lowest BCUT2D eigenvalue weighted by atomic mass is 10.1. The number of hydrogen-bond acceptors (Lipinski definition) is 5. The Kier molecular flexibility index (Phi) is 4.01. The number of aromatic nitrogens is 5. The van der Waals surface area contributed by atoms with Gasteiger partial charge in [-0.1, -0.05) is 23.4 Å². The van der Waals surface area contributed by atoms with E-state index in [0.717, 1.165) is 22.5 Å². The number of nitrogens with zero attached hydrogens (tertiary/aromatic N) is 5. The largest absolute Gasteiger partial charge is 0.487 e. The molecule has 0 radical (unpaired) electrons. The first-order valence-electron chi connectivity index (χ1n) is 9.07. The first-order valence-corrected chi connectivity index (χ1v) is 9.07. The zero-order valence-corrected chi connectivity index (χ0v) is 15.0. The molecule has 3 heterocycles. The maximum Gasteiger partial charge on any atom is 0.254 e. The number of fused-ring (bicyclic) bond motifs is 1. The second-order valence-corrected chi connectivity index (χ2v) is 6.79. The molecule has 0 bridgehead atoms. The molecule has 0 aliphatic carbocycles. The van der Waals surface area contributed by atoms with Crippen LogP contribution >= 0.6 is 0 Å². The Balaban J connectivity index is 1.18. The van der Waals surface area contributed by atoms with Crippen LogP contribution in [0.4, 0.5) is 0 Å². The Bertz CT molecular complexity index is 1110. The number of nitrogens with one attached hydrogen (secondary N) is 1. The molecule has 2 aromatic heterocycles. The molecule has 8 heteroatoms. The first kappa shape index (κ1) is 16.5. The number of likely N-dealkylation sites (tertiary alicyclic amines) is 1. The average Bonchev–Trinajstić information content (AvgIpc) is 3.35. The quantitative estimate of drug-likeness (QED) is 0.580. The van der Waals surface area contributed by atoms with Gasteiger partial charge in [0.2, 0.25) is 0 Å². The summed E-state index contributed by atoms with van der Waals surface area (Å²) in [5, 5.41) is 8.35. The standard InChI is InChI=1S/C20H18N6O2/c27-20(14-6-7-18-19(8-14)22-13-21-18)25-10-16(11-25)26-9-15(23-24-26)12-28-17-4-2-1-3-5-17/h1-9,13,16H,10-12H2,(H,21,22). The monoisotopic (exact) mass is 374 g/mol. The highest BCUT2D eigenvalue weighted by atomic mass is 16.5. The summed E-state index contributed by atoms with van der Waals surface area (Å²) in [6.07, 6.45) is 3.51. The van der Waals surface area contributed by atoms with E-state index in [9.17, 15) is 4.79 Å². The molecule has 1 amide bonds. The van der Waals surface area contributed by atoms with E-state index in [0.29, 0.717) is 25.3 Å². The van der Waals surface area contributed by atoms with Crippen molar-refractivity contribution in [3.63, 3.8) is 0 Å². The van der Waals surface area contributed by atoms with Crippen LogP contribution in [0.25, 0.3) is 11.0 Å². The Morgan fingerprint density at radius 3 is 2.89 bits per heavy atom. The molecule has 0 spiro atoms. The fourth-order valence-electron chi connectivity index (χ4n) is 3.27. The third-order valence-corrected chi connectivity index (χ3v) is 4.88. The minimum Gasteiger partial charge on any atom is -0.487 e. The zero-order chi connectivity index (χ0) is 18.9. The van der Waals surface area contributed by atoms with E-state index in [1.165, 1.54) is 0 Å². The SMILES string of the molecule is O=C(c1ccc2nc[nH]c2c1)N1CC(n2cc(COc3ccccc3)nn2)C1. The molecule has 140 valence electrons. The molecule has 2 aromatic carbocycles. The number of carbonyl (C=O) groups is 1. The van der Waals surface area contributed by atoms with Crippen LogP contribution < -0.4 is 4.74 Å². The van der Waals surface area contributed by atoms with E-state index in [4.69, 9.17) is 4.74 Å². The summed E-state index contributed by atoms with van der Waals surface area (Å²) in [6.45, 7) is 1.59. The van der Waals surface area contributed by atoms with Crippen molar-refractivity contribution in [3.8, 4) is 5.75 Å². The Labute approximate surface area is 160 Å². The number of imidazole rings is 1. The lowest BCUT2D eigenvalue weighted by Gasteiger charge is -2.38. The average molecular weight is 374 g/mol. The molecule has 8 nitrogen and oxygen atoms in total. The molecule has 1 N–H and O–H groups in total. The van der Waals surface area contributed by atoms with E-state index in [1.54, 1.807) is 6.33 Å². The van der Waals surface area contributed by atoms with Crippen LogP contribution in [-0.4, -0.2) is 48.9 Å². The molecule has 0 saturated carbocycles. The number of carbonyl (C=O) groups excluding carboxylic acids is 1. The van der Waals surface area contributed by atoms with Crippen LogP contribution in [-0.2, 0) is 6.61 Å². The van der Waals surface area contributed by atoms with Gasteiger partial charge in [0, 0.05) is 18.7 Å². The fourth-order valence-corrected chi connectivity index (χ4v) is 3.27. The van der Waals surface area contributed by atoms with Crippen molar-refractivity contribution in [2.45, 2.75) is 12.6 Å². The second-order valence-electron chi connectivity index (χ2n) is 6.79. The van der Waals surface area contributed by atoms with Gasteiger partial charge in [-0.3, -0.25) is 4.79 Å². The van der Waals surface area contributed by atoms with Gasteiger partial charge < -0.3 is 14.6 Å². The van der Waals surface area contributed by atoms with Crippen LogP contribution in [0, 0.1) is 0 Å². The number of H-pyrrole nitrogens is 1. The molecule has 0 unspecified atom stereocenters. The predicted molar refractivity (Wildman–Crippen MR) is 102 cm³/mol. The summed E-state index contributed by atoms with van der Waals surface area (Å²) in [5.41, 5.74) is 3.14. The number of ether oxygens (including phenoxy) is 1. The van der Waals surface area contributed by atoms with Gasteiger partial charge in [-0.25, -0.2) is 9.67 Å². The van der Waals surface area contributed by atoms with Crippen LogP contribution in [0.15, 0.2) is 61.1 Å². The molecule has 4 aromatic rings. The summed E-state index contributed by atoms with van der Waals surface area (Å²) < 4.78 is 7.51. The molecule has 1 aliphatic heterocycles. The van der Waals surface area contributed by atoms with E-state index in [1.807, 2.05) is 64.3 Å².